The largest absolute Gasteiger partial charge is 0.508 e. The summed E-state index contributed by atoms with van der Waals surface area (Å²) in [6.45, 7) is 5.21. The average molecular weight is 675 g/mol. The summed E-state index contributed by atoms with van der Waals surface area (Å²) >= 11 is 0. The summed E-state index contributed by atoms with van der Waals surface area (Å²) in [5.74, 6) is 0.306. The zero-order valence-corrected chi connectivity index (χ0v) is 28.4. The number of rotatable bonds is 25. The number of hydrogen-bond acceptors (Lipinski definition) is 8. The topological polar surface area (TPSA) is 174 Å². The molecule has 14 heteroatoms. The van der Waals surface area contributed by atoms with Crippen LogP contribution in [0.15, 0.2) is 54.6 Å². The first kappa shape index (κ1) is 39.2. The summed E-state index contributed by atoms with van der Waals surface area (Å²) in [5, 5.41) is 9.54. The van der Waals surface area contributed by atoms with E-state index < -0.39 is 22.1 Å². The zero-order chi connectivity index (χ0) is 34.8. The fourth-order valence-electron chi connectivity index (χ4n) is 5.47. The van der Waals surface area contributed by atoms with E-state index in [1.165, 1.54) is 19.6 Å². The number of sulfonamides is 1. The smallest absolute Gasteiger partial charge is 0.210 e. The van der Waals surface area contributed by atoms with Crippen LogP contribution in [-0.4, -0.2) is 129 Å². The molecule has 4 N–H and O–H groups in total. The molecule has 0 fully saturated rings. The van der Waals surface area contributed by atoms with Crippen molar-refractivity contribution in [2.75, 3.05) is 52.1 Å². The van der Waals surface area contributed by atoms with E-state index in [1.54, 1.807) is 24.3 Å². The van der Waals surface area contributed by atoms with Gasteiger partial charge >= 0.3 is 0 Å². The molecule has 3 atom stereocenters. The van der Waals surface area contributed by atoms with Crippen LogP contribution in [0.1, 0.15) is 31.4 Å². The first-order chi connectivity index (χ1) is 22.4. The third kappa shape index (κ3) is 15.0. The lowest BCUT2D eigenvalue weighted by atomic mass is 10.0. The highest BCUT2D eigenvalue weighted by Gasteiger charge is 2.26. The highest BCUT2D eigenvalue weighted by atomic mass is 32.2. The van der Waals surface area contributed by atoms with Crippen LogP contribution in [0.25, 0.3) is 0 Å². The van der Waals surface area contributed by atoms with Crippen molar-refractivity contribution in [1.29, 1.82) is 0 Å². The van der Waals surface area contributed by atoms with Gasteiger partial charge in [0.15, 0.2) is 0 Å². The molecule has 2 rings (SSSR count). The monoisotopic (exact) mass is 674 g/mol. The van der Waals surface area contributed by atoms with Crippen LogP contribution in [0.2, 0.25) is 0 Å². The highest BCUT2D eigenvalue weighted by molar-refractivity contribution is 7.88. The zero-order valence-electron chi connectivity index (χ0n) is 27.6. The van der Waals surface area contributed by atoms with E-state index in [1.807, 2.05) is 44.2 Å². The summed E-state index contributed by atoms with van der Waals surface area (Å²) in [5.41, 5.74) is 7.80. The fourth-order valence-corrected chi connectivity index (χ4v) is 6.25. The Morgan fingerprint density at radius 3 is 1.83 bits per heavy atom. The van der Waals surface area contributed by atoms with Gasteiger partial charge < -0.3 is 30.4 Å². The number of nitrogens with zero attached hydrogens (tertiary/aromatic N) is 4. The first-order valence-corrected chi connectivity index (χ1v) is 17.6. The summed E-state index contributed by atoms with van der Waals surface area (Å²) in [6, 6.07) is 14.8. The normalized spacial score (nSPS) is 13.3. The van der Waals surface area contributed by atoms with Gasteiger partial charge in [-0.3, -0.25) is 19.2 Å². The SMILES string of the molecule is CC(C)C[C@H](CN(C=O)[C@H](Cc1ccccc1)CN(C=O)CCN(C=O)CCN(C=O)[C@@H](CN)Cc1ccc(O)cc1)NS(C)(=O)=O. The third-order valence-corrected chi connectivity index (χ3v) is 8.60. The average Bonchev–Trinajstić information content (AvgIpc) is 3.03. The van der Waals surface area contributed by atoms with Crippen LogP contribution < -0.4 is 10.5 Å². The fraction of sp³-hybridized carbons (Fsp3) is 0.515. The standard InChI is InChI=1S/C33H50N6O7S/c1-27(2)17-30(35-47(3,45)46)21-39(26-43)32(19-28-7-5-4-6-8-28)22-37(24-41)14-13-36(23-40)15-16-38(25-42)31(20-34)18-29-9-11-33(44)12-10-29/h4-12,23-27,30-32,35,44H,13-22,34H2,1-3H3/t30-,31-,32-/m1/s1. The number of benzene rings is 2. The van der Waals surface area contributed by atoms with Crippen LogP contribution in [0.4, 0.5) is 0 Å². The van der Waals surface area contributed by atoms with E-state index in [-0.39, 0.29) is 63.5 Å². The molecule has 13 nitrogen and oxygen atoms in total. The van der Waals surface area contributed by atoms with Crippen LogP contribution >= 0.6 is 0 Å². The molecule has 0 bridgehead atoms. The van der Waals surface area contributed by atoms with Crippen LogP contribution in [0.3, 0.4) is 0 Å². The van der Waals surface area contributed by atoms with E-state index in [2.05, 4.69) is 4.72 Å². The van der Waals surface area contributed by atoms with Crippen LogP contribution in [-0.2, 0) is 42.0 Å². The lowest BCUT2D eigenvalue weighted by Crippen LogP contribution is -2.51. The first-order valence-electron chi connectivity index (χ1n) is 15.7. The number of nitrogens with one attached hydrogen (secondary N) is 1. The Morgan fingerprint density at radius 2 is 1.30 bits per heavy atom. The van der Waals surface area contributed by atoms with Gasteiger partial charge in [-0.2, -0.15) is 0 Å². The molecule has 0 aromatic heterocycles. The van der Waals surface area contributed by atoms with Crippen LogP contribution in [0, 0.1) is 5.92 Å². The summed E-state index contributed by atoms with van der Waals surface area (Å²) in [6.07, 6.45) is 5.21. The van der Waals surface area contributed by atoms with Gasteiger partial charge in [-0.25, -0.2) is 13.1 Å². The quantitative estimate of drug-likeness (QED) is 0.129. The highest BCUT2D eigenvalue weighted by Crippen LogP contribution is 2.15. The minimum atomic E-state index is -3.53. The second kappa shape index (κ2) is 20.3. The maximum Gasteiger partial charge on any atom is 0.210 e. The van der Waals surface area contributed by atoms with Crippen molar-refractivity contribution in [2.45, 2.75) is 51.2 Å². The number of nitrogens with two attached hydrogens (primary N) is 1. The number of amides is 4. The van der Waals surface area contributed by atoms with Crippen molar-refractivity contribution in [3.63, 3.8) is 0 Å². The van der Waals surface area contributed by atoms with E-state index in [0.717, 1.165) is 17.4 Å². The molecule has 0 heterocycles. The lowest BCUT2D eigenvalue weighted by molar-refractivity contribution is -0.125. The maximum atomic E-state index is 12.4. The van der Waals surface area contributed by atoms with Gasteiger partial charge in [0.05, 0.1) is 12.3 Å². The van der Waals surface area contributed by atoms with Crippen molar-refractivity contribution < 1.29 is 32.7 Å². The second-order valence-corrected chi connectivity index (χ2v) is 14.0. The molecule has 47 heavy (non-hydrogen) atoms. The third-order valence-electron chi connectivity index (χ3n) is 7.83. The number of carbonyl (C=O) groups is 4. The van der Waals surface area contributed by atoms with Gasteiger partial charge in [0, 0.05) is 57.9 Å². The molecule has 0 radical (unpaired) electrons. The predicted octanol–water partition coefficient (Wildman–Crippen LogP) is 0.671. The summed E-state index contributed by atoms with van der Waals surface area (Å²) < 4.78 is 26.8. The minimum absolute atomic E-state index is 0.118. The molecular formula is C33H50N6O7S. The van der Waals surface area contributed by atoms with E-state index in [0.29, 0.717) is 44.9 Å². The molecule has 0 saturated carbocycles. The molecule has 2 aromatic carbocycles. The number of carbonyl (C=O) groups excluding carboxylic acids is 4. The Labute approximate surface area is 278 Å². The molecule has 260 valence electrons. The minimum Gasteiger partial charge on any atom is -0.508 e. The van der Waals surface area contributed by atoms with Gasteiger partial charge in [-0.15, -0.1) is 0 Å². The van der Waals surface area contributed by atoms with Gasteiger partial charge in [0.2, 0.25) is 35.7 Å². The number of phenols is 1. The van der Waals surface area contributed by atoms with Crippen molar-refractivity contribution in [3.8, 4) is 5.75 Å². The van der Waals surface area contributed by atoms with E-state index >= 15 is 0 Å². The van der Waals surface area contributed by atoms with Crippen LogP contribution in [0.5, 0.6) is 5.75 Å². The number of aromatic hydroxyl groups is 1. The molecular weight excluding hydrogens is 624 g/mol. The van der Waals surface area contributed by atoms with E-state index in [4.69, 9.17) is 5.73 Å². The molecule has 4 amide bonds. The molecule has 0 spiro atoms. The molecule has 0 unspecified atom stereocenters. The lowest BCUT2D eigenvalue weighted by Gasteiger charge is -2.35. The van der Waals surface area contributed by atoms with Crippen molar-refractivity contribution in [3.05, 3.63) is 65.7 Å². The molecule has 2 aromatic rings. The van der Waals surface area contributed by atoms with Gasteiger partial charge in [-0.05, 0) is 48.4 Å². The Hall–Kier alpha value is -4.01. The molecule has 0 aliphatic rings. The van der Waals surface area contributed by atoms with Gasteiger partial charge in [0.1, 0.15) is 5.75 Å². The predicted molar refractivity (Wildman–Crippen MR) is 181 cm³/mol. The van der Waals surface area contributed by atoms with Gasteiger partial charge in [-0.1, -0.05) is 56.3 Å². The van der Waals surface area contributed by atoms with Crippen molar-refractivity contribution >= 4 is 35.7 Å². The summed E-state index contributed by atoms with van der Waals surface area (Å²) in [7, 11) is -3.53. The van der Waals surface area contributed by atoms with Crippen molar-refractivity contribution in [1.82, 2.24) is 24.3 Å². The Kier molecular flexibility index (Phi) is 16.9. The van der Waals surface area contributed by atoms with E-state index in [9.17, 15) is 32.7 Å². The molecule has 0 aliphatic carbocycles. The molecule has 0 saturated heterocycles. The number of phenolic OH excluding ortho intramolecular Hbond substituents is 1. The Balaban J connectivity index is 2.12. The van der Waals surface area contributed by atoms with Crippen molar-refractivity contribution in [2.24, 2.45) is 11.7 Å². The Bertz CT molecular complexity index is 1330. The second-order valence-electron chi connectivity index (χ2n) is 12.2. The number of hydrogen-bond donors (Lipinski definition) is 3. The molecule has 0 aliphatic heterocycles. The summed E-state index contributed by atoms with van der Waals surface area (Å²) in [4.78, 5) is 54.6. The Morgan fingerprint density at radius 1 is 0.745 bits per heavy atom. The maximum absolute atomic E-state index is 12.4. The van der Waals surface area contributed by atoms with Gasteiger partial charge in [0.25, 0.3) is 0 Å².